The third kappa shape index (κ3) is 2.97. The molecule has 1 aliphatic heterocycles. The summed E-state index contributed by atoms with van der Waals surface area (Å²) < 4.78 is 0. The standard InChI is InChI=1S/C9H18N2O2/c1-7-3-5-11(6-4-10-7)9(13)8(2)12/h7-8,10,12H,3-6H2,1-2H3/t7?,8-/m1/s1. The third-order valence-corrected chi connectivity index (χ3v) is 2.38. The Labute approximate surface area is 78.9 Å². The summed E-state index contributed by atoms with van der Waals surface area (Å²) in [6, 6.07) is 0.465. The van der Waals surface area contributed by atoms with Gasteiger partial charge in [-0.25, -0.2) is 0 Å². The summed E-state index contributed by atoms with van der Waals surface area (Å²) in [4.78, 5) is 13.1. The number of hydrogen-bond donors (Lipinski definition) is 2. The van der Waals surface area contributed by atoms with Gasteiger partial charge in [-0.05, 0) is 20.3 Å². The number of nitrogens with one attached hydrogen (secondary N) is 1. The molecule has 4 nitrogen and oxygen atoms in total. The van der Waals surface area contributed by atoms with E-state index in [2.05, 4.69) is 12.2 Å². The summed E-state index contributed by atoms with van der Waals surface area (Å²) in [7, 11) is 0. The first-order valence-corrected chi connectivity index (χ1v) is 4.81. The molecule has 1 rings (SSSR count). The Morgan fingerprint density at radius 2 is 2.31 bits per heavy atom. The van der Waals surface area contributed by atoms with Gasteiger partial charge in [0.05, 0.1) is 0 Å². The van der Waals surface area contributed by atoms with Gasteiger partial charge in [0.25, 0.3) is 5.91 Å². The van der Waals surface area contributed by atoms with Crippen molar-refractivity contribution in [3.8, 4) is 0 Å². The first kappa shape index (κ1) is 10.5. The minimum Gasteiger partial charge on any atom is -0.384 e. The largest absolute Gasteiger partial charge is 0.384 e. The Balaban J connectivity index is 2.46. The zero-order valence-corrected chi connectivity index (χ0v) is 8.29. The lowest BCUT2D eigenvalue weighted by Crippen LogP contribution is -2.39. The Bertz CT molecular complexity index is 182. The summed E-state index contributed by atoms with van der Waals surface area (Å²) in [5.41, 5.74) is 0. The molecule has 1 fully saturated rings. The molecule has 0 spiro atoms. The van der Waals surface area contributed by atoms with Crippen LogP contribution in [0.15, 0.2) is 0 Å². The van der Waals surface area contributed by atoms with E-state index in [4.69, 9.17) is 5.11 Å². The van der Waals surface area contributed by atoms with Crippen LogP contribution in [0.25, 0.3) is 0 Å². The third-order valence-electron chi connectivity index (χ3n) is 2.38. The Kier molecular flexibility index (Phi) is 3.69. The molecule has 4 heteroatoms. The molecule has 0 aliphatic carbocycles. The van der Waals surface area contributed by atoms with Crippen molar-refractivity contribution in [2.45, 2.75) is 32.4 Å². The summed E-state index contributed by atoms with van der Waals surface area (Å²) in [6.45, 7) is 5.89. The molecule has 1 unspecified atom stereocenters. The van der Waals surface area contributed by atoms with Crippen LogP contribution in [0, 0.1) is 0 Å². The van der Waals surface area contributed by atoms with Crippen LogP contribution in [-0.2, 0) is 4.79 Å². The van der Waals surface area contributed by atoms with Gasteiger partial charge < -0.3 is 15.3 Å². The molecule has 0 aromatic rings. The minimum absolute atomic E-state index is 0.157. The quantitative estimate of drug-likeness (QED) is 0.584. The summed E-state index contributed by atoms with van der Waals surface area (Å²) in [6.07, 6.45) is 0.0896. The number of hydrogen-bond acceptors (Lipinski definition) is 3. The Morgan fingerprint density at radius 1 is 1.62 bits per heavy atom. The molecular formula is C9H18N2O2. The molecule has 1 heterocycles. The minimum atomic E-state index is -0.867. The number of aliphatic hydroxyl groups is 1. The van der Waals surface area contributed by atoms with E-state index in [0.29, 0.717) is 12.6 Å². The molecule has 0 bridgehead atoms. The number of carbonyl (C=O) groups is 1. The summed E-state index contributed by atoms with van der Waals surface area (Å²) in [5, 5.41) is 12.4. The Morgan fingerprint density at radius 3 is 2.92 bits per heavy atom. The van der Waals surface area contributed by atoms with Gasteiger partial charge >= 0.3 is 0 Å². The van der Waals surface area contributed by atoms with E-state index in [1.165, 1.54) is 6.92 Å². The monoisotopic (exact) mass is 186 g/mol. The smallest absolute Gasteiger partial charge is 0.251 e. The molecule has 0 aromatic heterocycles. The molecule has 13 heavy (non-hydrogen) atoms. The van der Waals surface area contributed by atoms with E-state index in [0.717, 1.165) is 19.5 Å². The summed E-state index contributed by atoms with van der Waals surface area (Å²) in [5.74, 6) is -0.157. The van der Waals surface area contributed by atoms with Crippen molar-refractivity contribution in [1.82, 2.24) is 10.2 Å². The van der Waals surface area contributed by atoms with Gasteiger partial charge in [-0.3, -0.25) is 4.79 Å². The van der Waals surface area contributed by atoms with Gasteiger partial charge in [-0.2, -0.15) is 0 Å². The van der Waals surface area contributed by atoms with Gasteiger partial charge in [-0.1, -0.05) is 0 Å². The van der Waals surface area contributed by atoms with Crippen molar-refractivity contribution in [2.75, 3.05) is 19.6 Å². The zero-order valence-electron chi connectivity index (χ0n) is 8.29. The highest BCUT2D eigenvalue weighted by Crippen LogP contribution is 2.03. The van der Waals surface area contributed by atoms with Crippen molar-refractivity contribution in [3.63, 3.8) is 0 Å². The van der Waals surface area contributed by atoms with Gasteiger partial charge in [0, 0.05) is 25.7 Å². The van der Waals surface area contributed by atoms with Crippen LogP contribution < -0.4 is 5.32 Å². The molecule has 0 radical (unpaired) electrons. The number of rotatable bonds is 1. The lowest BCUT2D eigenvalue weighted by atomic mass is 10.2. The molecule has 76 valence electrons. The van der Waals surface area contributed by atoms with E-state index in [1.54, 1.807) is 4.90 Å². The van der Waals surface area contributed by atoms with E-state index in [9.17, 15) is 4.79 Å². The predicted octanol–water partition coefficient (Wildman–Crippen LogP) is -0.422. The van der Waals surface area contributed by atoms with Crippen molar-refractivity contribution >= 4 is 5.91 Å². The van der Waals surface area contributed by atoms with Crippen LogP contribution in [0.1, 0.15) is 20.3 Å². The SMILES string of the molecule is CC1CCN(C(=O)[C@@H](C)O)CCN1. The number of amides is 1. The van der Waals surface area contributed by atoms with Crippen LogP contribution in [-0.4, -0.2) is 47.7 Å². The molecule has 0 saturated carbocycles. The van der Waals surface area contributed by atoms with E-state index >= 15 is 0 Å². The second-order valence-electron chi connectivity index (χ2n) is 3.65. The molecule has 2 N–H and O–H groups in total. The van der Waals surface area contributed by atoms with Gasteiger partial charge in [0.15, 0.2) is 0 Å². The van der Waals surface area contributed by atoms with Crippen molar-refractivity contribution in [3.05, 3.63) is 0 Å². The van der Waals surface area contributed by atoms with Crippen LogP contribution in [0.4, 0.5) is 0 Å². The maximum Gasteiger partial charge on any atom is 0.251 e. The van der Waals surface area contributed by atoms with Crippen LogP contribution in [0.5, 0.6) is 0 Å². The van der Waals surface area contributed by atoms with Crippen molar-refractivity contribution in [2.24, 2.45) is 0 Å². The van der Waals surface area contributed by atoms with Crippen LogP contribution >= 0.6 is 0 Å². The van der Waals surface area contributed by atoms with Crippen molar-refractivity contribution < 1.29 is 9.90 Å². The molecule has 1 aliphatic rings. The summed E-state index contributed by atoms with van der Waals surface area (Å²) >= 11 is 0. The predicted molar refractivity (Wildman–Crippen MR) is 50.3 cm³/mol. The highest BCUT2D eigenvalue weighted by molar-refractivity contribution is 5.80. The first-order chi connectivity index (χ1) is 6.11. The fourth-order valence-corrected chi connectivity index (χ4v) is 1.49. The van der Waals surface area contributed by atoms with E-state index in [1.807, 2.05) is 0 Å². The average Bonchev–Trinajstić information content (AvgIpc) is 2.28. The fourth-order valence-electron chi connectivity index (χ4n) is 1.49. The van der Waals surface area contributed by atoms with Crippen LogP contribution in [0.2, 0.25) is 0 Å². The maximum absolute atomic E-state index is 11.4. The first-order valence-electron chi connectivity index (χ1n) is 4.81. The van der Waals surface area contributed by atoms with Gasteiger partial charge in [0.1, 0.15) is 6.10 Å². The highest BCUT2D eigenvalue weighted by Gasteiger charge is 2.20. The second-order valence-corrected chi connectivity index (χ2v) is 3.65. The van der Waals surface area contributed by atoms with Crippen LogP contribution in [0.3, 0.4) is 0 Å². The molecule has 1 saturated heterocycles. The maximum atomic E-state index is 11.4. The van der Waals surface area contributed by atoms with Gasteiger partial charge in [-0.15, -0.1) is 0 Å². The number of aliphatic hydroxyl groups excluding tert-OH is 1. The number of nitrogens with zero attached hydrogens (tertiary/aromatic N) is 1. The highest BCUT2D eigenvalue weighted by atomic mass is 16.3. The Hall–Kier alpha value is -0.610. The van der Waals surface area contributed by atoms with Gasteiger partial charge in [0.2, 0.25) is 0 Å². The lowest BCUT2D eigenvalue weighted by Gasteiger charge is -2.21. The molecule has 1 amide bonds. The second kappa shape index (κ2) is 4.58. The molecular weight excluding hydrogens is 168 g/mol. The fraction of sp³-hybridized carbons (Fsp3) is 0.889. The average molecular weight is 186 g/mol. The molecule has 2 atom stereocenters. The van der Waals surface area contributed by atoms with E-state index in [-0.39, 0.29) is 5.91 Å². The van der Waals surface area contributed by atoms with E-state index < -0.39 is 6.10 Å². The normalized spacial score (nSPS) is 26.7. The zero-order chi connectivity index (χ0) is 9.84. The van der Waals surface area contributed by atoms with Crippen molar-refractivity contribution in [1.29, 1.82) is 0 Å². The molecule has 0 aromatic carbocycles. The topological polar surface area (TPSA) is 52.6 Å². The number of carbonyl (C=O) groups excluding carboxylic acids is 1. The lowest BCUT2D eigenvalue weighted by molar-refractivity contribution is -0.139.